The molecule has 2 heterocycles. The van der Waals surface area contributed by atoms with Gasteiger partial charge in [0.2, 0.25) is 0 Å². The van der Waals surface area contributed by atoms with Gasteiger partial charge in [-0.05, 0) is 25.8 Å². The third-order valence-electron chi connectivity index (χ3n) is 2.34. The molecular weight excluding hydrogens is 152 g/mol. The lowest BCUT2D eigenvalue weighted by atomic mass is 10.1. The van der Waals surface area contributed by atoms with E-state index in [0.29, 0.717) is 6.04 Å². The van der Waals surface area contributed by atoms with Crippen LogP contribution in [0.4, 0.5) is 0 Å². The number of hydrogen-bond acceptors (Lipinski definition) is 3. The molecule has 0 spiro atoms. The largest absolute Gasteiger partial charge is 0.359 e. The standard InChI is InChI=1S/C9H14N2O/c1-2-7-6-9(12-11-7)8-4-3-5-10-8/h6,8,10H,2-5H2,1H3. The molecule has 1 atom stereocenters. The first-order valence-corrected chi connectivity index (χ1v) is 4.59. The topological polar surface area (TPSA) is 38.1 Å². The smallest absolute Gasteiger partial charge is 0.153 e. The van der Waals surface area contributed by atoms with Crippen LogP contribution < -0.4 is 5.32 Å². The van der Waals surface area contributed by atoms with Crippen molar-refractivity contribution in [2.45, 2.75) is 32.2 Å². The molecule has 1 unspecified atom stereocenters. The van der Waals surface area contributed by atoms with Crippen LogP contribution in [0.3, 0.4) is 0 Å². The Balaban J connectivity index is 2.11. The van der Waals surface area contributed by atoms with Crippen molar-refractivity contribution >= 4 is 0 Å². The van der Waals surface area contributed by atoms with Gasteiger partial charge in [-0.3, -0.25) is 0 Å². The molecule has 1 aromatic heterocycles. The molecule has 0 bridgehead atoms. The average molecular weight is 166 g/mol. The van der Waals surface area contributed by atoms with Crippen molar-refractivity contribution in [2.24, 2.45) is 0 Å². The second-order valence-corrected chi connectivity index (χ2v) is 3.22. The Morgan fingerprint density at radius 3 is 3.25 bits per heavy atom. The van der Waals surface area contributed by atoms with Crippen LogP contribution >= 0.6 is 0 Å². The highest BCUT2D eigenvalue weighted by atomic mass is 16.5. The Bertz CT molecular complexity index is 251. The number of nitrogens with one attached hydrogen (secondary N) is 1. The van der Waals surface area contributed by atoms with Crippen molar-refractivity contribution in [1.29, 1.82) is 0 Å². The molecule has 0 amide bonds. The van der Waals surface area contributed by atoms with Gasteiger partial charge in [0.05, 0.1) is 11.7 Å². The summed E-state index contributed by atoms with van der Waals surface area (Å²) >= 11 is 0. The summed E-state index contributed by atoms with van der Waals surface area (Å²) in [4.78, 5) is 0. The Morgan fingerprint density at radius 1 is 1.75 bits per heavy atom. The second kappa shape index (κ2) is 3.27. The number of aryl methyl sites for hydroxylation is 1. The first-order chi connectivity index (χ1) is 5.90. The van der Waals surface area contributed by atoms with Crippen molar-refractivity contribution in [3.63, 3.8) is 0 Å². The van der Waals surface area contributed by atoms with Gasteiger partial charge in [0.15, 0.2) is 5.76 Å². The van der Waals surface area contributed by atoms with Crippen LogP contribution in [0.1, 0.15) is 37.3 Å². The number of rotatable bonds is 2. The van der Waals surface area contributed by atoms with Crippen LogP contribution in [0.25, 0.3) is 0 Å². The van der Waals surface area contributed by atoms with E-state index in [4.69, 9.17) is 4.52 Å². The van der Waals surface area contributed by atoms with Gasteiger partial charge in [-0.15, -0.1) is 0 Å². The van der Waals surface area contributed by atoms with Crippen molar-refractivity contribution in [3.8, 4) is 0 Å². The molecule has 0 aliphatic carbocycles. The summed E-state index contributed by atoms with van der Waals surface area (Å²) in [7, 11) is 0. The minimum Gasteiger partial charge on any atom is -0.359 e. The fraction of sp³-hybridized carbons (Fsp3) is 0.667. The number of aromatic nitrogens is 1. The lowest BCUT2D eigenvalue weighted by molar-refractivity contribution is 0.347. The summed E-state index contributed by atoms with van der Waals surface area (Å²) in [6.45, 7) is 3.19. The van der Waals surface area contributed by atoms with Crippen molar-refractivity contribution in [1.82, 2.24) is 10.5 Å². The van der Waals surface area contributed by atoms with Gasteiger partial charge in [-0.2, -0.15) is 0 Å². The predicted octanol–water partition coefficient (Wildman–Crippen LogP) is 1.66. The quantitative estimate of drug-likeness (QED) is 0.726. The maximum absolute atomic E-state index is 5.23. The normalized spacial score (nSPS) is 23.2. The van der Waals surface area contributed by atoms with Crippen LogP contribution in [0.15, 0.2) is 10.6 Å². The molecule has 1 aliphatic rings. The molecule has 2 rings (SSSR count). The van der Waals surface area contributed by atoms with Crippen molar-refractivity contribution < 1.29 is 4.52 Å². The predicted molar refractivity (Wildman–Crippen MR) is 45.9 cm³/mol. The van der Waals surface area contributed by atoms with E-state index in [-0.39, 0.29) is 0 Å². The fourth-order valence-corrected chi connectivity index (χ4v) is 1.59. The zero-order valence-electron chi connectivity index (χ0n) is 7.34. The molecule has 12 heavy (non-hydrogen) atoms. The Morgan fingerprint density at radius 2 is 2.67 bits per heavy atom. The molecule has 0 aromatic carbocycles. The van der Waals surface area contributed by atoms with Crippen LogP contribution in [0.2, 0.25) is 0 Å². The maximum atomic E-state index is 5.23. The zero-order valence-corrected chi connectivity index (χ0v) is 7.34. The Kier molecular flexibility index (Phi) is 2.13. The van der Waals surface area contributed by atoms with Crippen molar-refractivity contribution in [2.75, 3.05) is 6.54 Å². The summed E-state index contributed by atoms with van der Waals surface area (Å²) in [5.74, 6) is 1.00. The second-order valence-electron chi connectivity index (χ2n) is 3.22. The van der Waals surface area contributed by atoms with Crippen molar-refractivity contribution in [3.05, 3.63) is 17.5 Å². The molecule has 1 fully saturated rings. The SMILES string of the molecule is CCc1cc(C2CCCN2)on1. The van der Waals surface area contributed by atoms with E-state index in [1.54, 1.807) is 0 Å². The highest BCUT2D eigenvalue weighted by Crippen LogP contribution is 2.23. The van der Waals surface area contributed by atoms with Gasteiger partial charge < -0.3 is 9.84 Å². The zero-order chi connectivity index (χ0) is 8.39. The van der Waals surface area contributed by atoms with Crippen LogP contribution in [-0.2, 0) is 6.42 Å². The van der Waals surface area contributed by atoms with E-state index < -0.39 is 0 Å². The lowest BCUT2D eigenvalue weighted by Crippen LogP contribution is -2.11. The summed E-state index contributed by atoms with van der Waals surface area (Å²) in [5.41, 5.74) is 1.05. The molecule has 66 valence electrons. The van der Waals surface area contributed by atoms with Gasteiger partial charge in [0, 0.05) is 6.07 Å². The van der Waals surface area contributed by atoms with E-state index in [2.05, 4.69) is 23.5 Å². The summed E-state index contributed by atoms with van der Waals surface area (Å²) in [6, 6.07) is 2.47. The van der Waals surface area contributed by atoms with Crippen LogP contribution in [0.5, 0.6) is 0 Å². The highest BCUT2D eigenvalue weighted by Gasteiger charge is 2.19. The molecule has 0 saturated carbocycles. The monoisotopic (exact) mass is 166 g/mol. The van der Waals surface area contributed by atoms with Gasteiger partial charge >= 0.3 is 0 Å². The maximum Gasteiger partial charge on any atom is 0.153 e. The minimum atomic E-state index is 0.415. The van der Waals surface area contributed by atoms with Gasteiger partial charge in [0.25, 0.3) is 0 Å². The van der Waals surface area contributed by atoms with Crippen LogP contribution in [-0.4, -0.2) is 11.7 Å². The molecule has 3 heteroatoms. The molecule has 1 saturated heterocycles. The van der Waals surface area contributed by atoms with Crippen LogP contribution in [0, 0.1) is 0 Å². The third-order valence-corrected chi connectivity index (χ3v) is 2.34. The minimum absolute atomic E-state index is 0.415. The fourth-order valence-electron chi connectivity index (χ4n) is 1.59. The molecule has 1 aliphatic heterocycles. The van der Waals surface area contributed by atoms with Gasteiger partial charge in [-0.1, -0.05) is 12.1 Å². The highest BCUT2D eigenvalue weighted by molar-refractivity contribution is 5.10. The van der Waals surface area contributed by atoms with E-state index in [1.165, 1.54) is 12.8 Å². The van der Waals surface area contributed by atoms with E-state index >= 15 is 0 Å². The van der Waals surface area contributed by atoms with E-state index in [1.807, 2.05) is 0 Å². The first-order valence-electron chi connectivity index (χ1n) is 4.59. The summed E-state index contributed by atoms with van der Waals surface area (Å²) in [5, 5.41) is 7.34. The van der Waals surface area contributed by atoms with E-state index in [0.717, 1.165) is 24.4 Å². The molecule has 1 N–H and O–H groups in total. The summed E-state index contributed by atoms with van der Waals surface area (Å²) < 4.78 is 5.23. The Labute approximate surface area is 72.1 Å². The number of nitrogens with zero attached hydrogens (tertiary/aromatic N) is 1. The average Bonchev–Trinajstić information content (AvgIpc) is 2.75. The van der Waals surface area contributed by atoms with Gasteiger partial charge in [-0.25, -0.2) is 0 Å². The Hall–Kier alpha value is -0.830. The first kappa shape index (κ1) is 7.80. The van der Waals surface area contributed by atoms with E-state index in [9.17, 15) is 0 Å². The molecule has 1 aromatic rings. The van der Waals surface area contributed by atoms with Gasteiger partial charge in [0.1, 0.15) is 0 Å². The molecular formula is C9H14N2O. The third kappa shape index (κ3) is 1.37. The molecule has 3 nitrogen and oxygen atoms in total. The number of hydrogen-bond donors (Lipinski definition) is 1. The molecule has 0 radical (unpaired) electrons. The summed E-state index contributed by atoms with van der Waals surface area (Å²) in [6.07, 6.45) is 3.38. The lowest BCUT2D eigenvalue weighted by Gasteiger charge is -2.02.